The number of anilines is 1. The minimum absolute atomic E-state index is 0. The predicted molar refractivity (Wildman–Crippen MR) is 132 cm³/mol. The molecule has 1 heterocycles. The molecule has 0 amide bonds. The molecule has 2 atom stereocenters. The molecule has 8 heteroatoms. The quantitative estimate of drug-likeness (QED) is 0.313. The molecule has 28 heavy (non-hydrogen) atoms. The van der Waals surface area contributed by atoms with Crippen LogP contribution in [0, 0.1) is 0 Å². The first-order valence-corrected chi connectivity index (χ1v) is 11.2. The van der Waals surface area contributed by atoms with Crippen LogP contribution >= 0.6 is 39.9 Å². The molecule has 0 bridgehead atoms. The molecule has 152 valence electrons. The summed E-state index contributed by atoms with van der Waals surface area (Å²) in [5.74, 6) is 1.32. The minimum Gasteiger partial charge on any atom is -0.369 e. The van der Waals surface area contributed by atoms with Crippen LogP contribution in [0.5, 0.6) is 0 Å². The van der Waals surface area contributed by atoms with E-state index in [9.17, 15) is 4.21 Å². The standard InChI is InChI=1S/C20H25BrN4OS.HI/c1-22-20(23-12-14-27(26)19-5-3-2-4-6-19)24-17-11-13-25(15-17)18-9-7-16(21)8-10-18;/h2-10,17H,11-15H2,1H3,(H2,22,23,24);1H. The van der Waals surface area contributed by atoms with E-state index in [0.717, 1.165) is 34.8 Å². The van der Waals surface area contributed by atoms with Crippen LogP contribution in [0.3, 0.4) is 0 Å². The number of guanidine groups is 1. The third kappa shape index (κ3) is 6.73. The maximum absolute atomic E-state index is 12.3. The molecule has 0 radical (unpaired) electrons. The molecule has 1 fully saturated rings. The summed E-state index contributed by atoms with van der Waals surface area (Å²) >= 11 is 3.48. The Morgan fingerprint density at radius 2 is 1.93 bits per heavy atom. The van der Waals surface area contributed by atoms with Crippen molar-refractivity contribution in [2.24, 2.45) is 4.99 Å². The van der Waals surface area contributed by atoms with E-state index in [1.54, 1.807) is 7.05 Å². The van der Waals surface area contributed by atoms with Gasteiger partial charge in [0, 0.05) is 53.5 Å². The van der Waals surface area contributed by atoms with Crippen LogP contribution in [-0.4, -0.2) is 48.6 Å². The van der Waals surface area contributed by atoms with Crippen molar-refractivity contribution in [2.75, 3.05) is 37.3 Å². The van der Waals surface area contributed by atoms with Gasteiger partial charge in [-0.3, -0.25) is 9.20 Å². The summed E-state index contributed by atoms with van der Waals surface area (Å²) in [4.78, 5) is 7.54. The number of nitrogens with zero attached hydrogens (tertiary/aromatic N) is 2. The van der Waals surface area contributed by atoms with E-state index in [0.29, 0.717) is 18.3 Å². The lowest BCUT2D eigenvalue weighted by molar-refractivity contribution is 0.650. The van der Waals surface area contributed by atoms with E-state index >= 15 is 0 Å². The maximum Gasteiger partial charge on any atom is 0.191 e. The van der Waals surface area contributed by atoms with Gasteiger partial charge in [0.15, 0.2) is 5.96 Å². The third-order valence-electron chi connectivity index (χ3n) is 4.53. The zero-order valence-electron chi connectivity index (χ0n) is 15.8. The van der Waals surface area contributed by atoms with Crippen LogP contribution in [0.1, 0.15) is 6.42 Å². The number of hydrogen-bond acceptors (Lipinski definition) is 3. The van der Waals surface area contributed by atoms with Gasteiger partial charge in [-0.1, -0.05) is 34.1 Å². The second kappa shape index (κ2) is 11.8. The van der Waals surface area contributed by atoms with Crippen LogP contribution in [-0.2, 0) is 10.8 Å². The van der Waals surface area contributed by atoms with Crippen LogP contribution in [0.4, 0.5) is 5.69 Å². The van der Waals surface area contributed by atoms with E-state index in [4.69, 9.17) is 0 Å². The van der Waals surface area contributed by atoms with E-state index in [2.05, 4.69) is 60.7 Å². The second-order valence-electron chi connectivity index (χ2n) is 6.41. The Balaban J connectivity index is 0.00000280. The predicted octanol–water partition coefficient (Wildman–Crippen LogP) is 3.62. The summed E-state index contributed by atoms with van der Waals surface area (Å²) in [6, 6.07) is 18.3. The average molecular weight is 577 g/mol. The van der Waals surface area contributed by atoms with Gasteiger partial charge in [-0.2, -0.15) is 0 Å². The number of benzene rings is 2. The van der Waals surface area contributed by atoms with Gasteiger partial charge < -0.3 is 15.5 Å². The van der Waals surface area contributed by atoms with Gasteiger partial charge in [-0.15, -0.1) is 24.0 Å². The van der Waals surface area contributed by atoms with Gasteiger partial charge >= 0.3 is 0 Å². The van der Waals surface area contributed by atoms with Crippen molar-refractivity contribution >= 4 is 62.4 Å². The SMILES string of the molecule is CN=C(NCCS(=O)c1ccccc1)NC1CCN(c2ccc(Br)cc2)C1.I. The van der Waals surface area contributed by atoms with E-state index < -0.39 is 10.8 Å². The lowest BCUT2D eigenvalue weighted by Crippen LogP contribution is -2.45. The molecule has 0 aliphatic carbocycles. The fourth-order valence-corrected chi connectivity index (χ4v) is 4.35. The molecular formula is C20H26BrIN4OS. The molecule has 0 saturated carbocycles. The zero-order chi connectivity index (χ0) is 19.1. The number of rotatable bonds is 6. The van der Waals surface area contributed by atoms with Crippen molar-refractivity contribution in [2.45, 2.75) is 17.4 Å². The van der Waals surface area contributed by atoms with Crippen molar-refractivity contribution in [1.82, 2.24) is 10.6 Å². The Labute approximate surface area is 195 Å². The van der Waals surface area contributed by atoms with Crippen LogP contribution < -0.4 is 15.5 Å². The molecule has 0 spiro atoms. The smallest absolute Gasteiger partial charge is 0.191 e. The molecule has 2 aromatic rings. The molecule has 2 unspecified atom stereocenters. The Kier molecular flexibility index (Phi) is 9.73. The number of nitrogens with one attached hydrogen (secondary N) is 2. The van der Waals surface area contributed by atoms with E-state index in [1.165, 1.54) is 5.69 Å². The molecule has 2 aromatic carbocycles. The average Bonchev–Trinajstić information content (AvgIpc) is 3.17. The van der Waals surface area contributed by atoms with Gasteiger partial charge in [0.05, 0.1) is 10.8 Å². The zero-order valence-corrected chi connectivity index (χ0v) is 20.5. The number of hydrogen-bond donors (Lipinski definition) is 2. The topological polar surface area (TPSA) is 56.7 Å². The third-order valence-corrected chi connectivity index (χ3v) is 6.43. The monoisotopic (exact) mass is 576 g/mol. The Bertz CT molecular complexity index is 789. The first-order chi connectivity index (χ1) is 13.2. The van der Waals surface area contributed by atoms with Crippen molar-refractivity contribution in [3.8, 4) is 0 Å². The molecule has 1 aliphatic rings. The van der Waals surface area contributed by atoms with Gasteiger partial charge in [-0.25, -0.2) is 0 Å². The highest BCUT2D eigenvalue weighted by atomic mass is 127. The molecular weight excluding hydrogens is 551 g/mol. The Hall–Kier alpha value is -1.13. The van der Waals surface area contributed by atoms with Crippen LogP contribution in [0.15, 0.2) is 69.0 Å². The van der Waals surface area contributed by atoms with Crippen molar-refractivity contribution < 1.29 is 4.21 Å². The van der Waals surface area contributed by atoms with Crippen LogP contribution in [0.25, 0.3) is 0 Å². The Morgan fingerprint density at radius 3 is 2.61 bits per heavy atom. The summed E-state index contributed by atoms with van der Waals surface area (Å²) in [6.45, 7) is 2.58. The summed E-state index contributed by atoms with van der Waals surface area (Å²) in [7, 11) is 0.773. The lowest BCUT2D eigenvalue weighted by Gasteiger charge is -2.20. The second-order valence-corrected chi connectivity index (χ2v) is 8.90. The van der Waals surface area contributed by atoms with E-state index in [1.807, 2.05) is 30.3 Å². The largest absolute Gasteiger partial charge is 0.369 e. The van der Waals surface area contributed by atoms with Gasteiger partial charge in [0.2, 0.25) is 0 Å². The van der Waals surface area contributed by atoms with Gasteiger partial charge in [0.25, 0.3) is 0 Å². The highest BCUT2D eigenvalue weighted by molar-refractivity contribution is 14.0. The normalized spacial score (nSPS) is 17.7. The van der Waals surface area contributed by atoms with E-state index in [-0.39, 0.29) is 24.0 Å². The van der Waals surface area contributed by atoms with Gasteiger partial charge in [0.1, 0.15) is 0 Å². The summed E-state index contributed by atoms with van der Waals surface area (Å²) in [5.41, 5.74) is 1.24. The van der Waals surface area contributed by atoms with Crippen molar-refractivity contribution in [1.29, 1.82) is 0 Å². The molecule has 1 aliphatic heterocycles. The lowest BCUT2D eigenvalue weighted by atomic mass is 10.3. The summed E-state index contributed by atoms with van der Waals surface area (Å²) < 4.78 is 13.4. The minimum atomic E-state index is -0.996. The molecule has 2 N–H and O–H groups in total. The molecule has 0 aromatic heterocycles. The summed E-state index contributed by atoms with van der Waals surface area (Å²) in [5, 5.41) is 6.76. The fourth-order valence-electron chi connectivity index (χ4n) is 3.10. The Morgan fingerprint density at radius 1 is 1.21 bits per heavy atom. The molecule has 5 nitrogen and oxygen atoms in total. The maximum atomic E-state index is 12.3. The molecule has 1 saturated heterocycles. The number of aliphatic imine (C=N–C) groups is 1. The first kappa shape index (κ1) is 23.2. The van der Waals surface area contributed by atoms with Crippen molar-refractivity contribution in [3.05, 3.63) is 59.1 Å². The summed E-state index contributed by atoms with van der Waals surface area (Å²) in [6.07, 6.45) is 1.06. The fraction of sp³-hybridized carbons (Fsp3) is 0.350. The first-order valence-electron chi connectivity index (χ1n) is 9.07. The molecule has 3 rings (SSSR count). The highest BCUT2D eigenvalue weighted by Gasteiger charge is 2.23. The highest BCUT2D eigenvalue weighted by Crippen LogP contribution is 2.22. The van der Waals surface area contributed by atoms with Crippen molar-refractivity contribution in [3.63, 3.8) is 0 Å². The van der Waals surface area contributed by atoms with Gasteiger partial charge in [-0.05, 0) is 42.8 Å². The number of halogens is 2. The van der Waals surface area contributed by atoms with Crippen LogP contribution in [0.2, 0.25) is 0 Å².